The van der Waals surface area contributed by atoms with Crippen molar-refractivity contribution in [2.75, 3.05) is 13.2 Å². The molecule has 172 valence electrons. The Kier molecular flexibility index (Phi) is 6.36. The van der Waals surface area contributed by atoms with Crippen LogP contribution in [0.15, 0.2) is 77.1 Å². The summed E-state index contributed by atoms with van der Waals surface area (Å²) in [5.74, 6) is -0.810. The van der Waals surface area contributed by atoms with Crippen LogP contribution in [0.2, 0.25) is 0 Å². The standard InChI is InChI=1S/C27H28FNO4/c1-17-23(26(31)33-14-13-32-20-7-5-4-6-8-20)24(18-9-11-19(28)12-10-18)25-21(29-17)15-27(2,3)16-22(25)30/h4-12,24,29H,13-16H2,1-3H3/t24-/m1/s1. The number of halogens is 1. The first kappa shape index (κ1) is 22.8. The van der Waals surface area contributed by atoms with Gasteiger partial charge in [-0.05, 0) is 48.6 Å². The molecule has 1 N–H and O–H groups in total. The van der Waals surface area contributed by atoms with Gasteiger partial charge in [0.05, 0.1) is 5.57 Å². The first-order chi connectivity index (χ1) is 15.7. The Bertz CT molecular complexity index is 1120. The van der Waals surface area contributed by atoms with Gasteiger partial charge in [-0.1, -0.05) is 44.2 Å². The van der Waals surface area contributed by atoms with Crippen molar-refractivity contribution < 1.29 is 23.5 Å². The van der Waals surface area contributed by atoms with Crippen LogP contribution in [0.4, 0.5) is 4.39 Å². The van der Waals surface area contributed by atoms with Gasteiger partial charge >= 0.3 is 5.97 Å². The van der Waals surface area contributed by atoms with Crippen molar-refractivity contribution in [1.29, 1.82) is 0 Å². The molecule has 0 saturated carbocycles. The zero-order valence-corrected chi connectivity index (χ0v) is 19.1. The van der Waals surface area contributed by atoms with Crippen LogP contribution in [-0.2, 0) is 14.3 Å². The van der Waals surface area contributed by atoms with Crippen molar-refractivity contribution >= 4 is 11.8 Å². The lowest BCUT2D eigenvalue weighted by Gasteiger charge is -2.39. The van der Waals surface area contributed by atoms with Gasteiger partial charge in [-0.25, -0.2) is 9.18 Å². The van der Waals surface area contributed by atoms with Crippen LogP contribution in [0, 0.1) is 11.2 Å². The molecular weight excluding hydrogens is 421 g/mol. The smallest absolute Gasteiger partial charge is 0.336 e. The van der Waals surface area contributed by atoms with E-state index >= 15 is 0 Å². The van der Waals surface area contributed by atoms with Gasteiger partial charge in [0.15, 0.2) is 5.78 Å². The van der Waals surface area contributed by atoms with E-state index in [4.69, 9.17) is 9.47 Å². The minimum absolute atomic E-state index is 0.00622. The van der Waals surface area contributed by atoms with Crippen LogP contribution in [0.3, 0.4) is 0 Å². The van der Waals surface area contributed by atoms with E-state index in [1.54, 1.807) is 12.1 Å². The normalized spacial score (nSPS) is 19.6. The average Bonchev–Trinajstić information content (AvgIpc) is 2.76. The van der Waals surface area contributed by atoms with E-state index in [0.717, 1.165) is 5.70 Å². The topological polar surface area (TPSA) is 64.6 Å². The molecule has 2 aliphatic rings. The number of Topliss-reactive ketones (excluding diaryl/α,β-unsaturated/α-hetero) is 1. The number of para-hydroxylation sites is 1. The van der Waals surface area contributed by atoms with Crippen LogP contribution < -0.4 is 10.1 Å². The fourth-order valence-electron chi connectivity index (χ4n) is 4.58. The average molecular weight is 450 g/mol. The minimum atomic E-state index is -0.604. The molecule has 0 bridgehead atoms. The molecule has 0 spiro atoms. The summed E-state index contributed by atoms with van der Waals surface area (Å²) in [6.45, 7) is 6.19. The minimum Gasteiger partial charge on any atom is -0.490 e. The summed E-state index contributed by atoms with van der Waals surface area (Å²) < 4.78 is 24.8. The summed E-state index contributed by atoms with van der Waals surface area (Å²) >= 11 is 0. The Morgan fingerprint density at radius 2 is 1.76 bits per heavy atom. The molecule has 6 heteroatoms. The summed E-state index contributed by atoms with van der Waals surface area (Å²) in [7, 11) is 0. The number of benzene rings is 2. The molecule has 1 atom stereocenters. The van der Waals surface area contributed by atoms with Gasteiger partial charge < -0.3 is 14.8 Å². The third-order valence-electron chi connectivity index (χ3n) is 5.99. The van der Waals surface area contributed by atoms with Gasteiger partial charge in [0.2, 0.25) is 0 Å². The monoisotopic (exact) mass is 449 g/mol. The number of nitrogens with one attached hydrogen (secondary N) is 1. The second kappa shape index (κ2) is 9.22. The highest BCUT2D eigenvalue weighted by Crippen LogP contribution is 2.46. The lowest BCUT2D eigenvalue weighted by molar-refractivity contribution is -0.140. The van der Waals surface area contributed by atoms with Crippen LogP contribution >= 0.6 is 0 Å². The number of hydrogen-bond donors (Lipinski definition) is 1. The maximum absolute atomic E-state index is 13.6. The van der Waals surface area contributed by atoms with E-state index in [-0.39, 0.29) is 30.2 Å². The molecule has 0 saturated heterocycles. The van der Waals surface area contributed by atoms with Gasteiger partial charge in [0, 0.05) is 29.3 Å². The Labute approximate surface area is 193 Å². The number of ether oxygens (including phenoxy) is 2. The van der Waals surface area contributed by atoms with Crippen molar-refractivity contribution in [3.8, 4) is 5.75 Å². The van der Waals surface area contributed by atoms with E-state index in [9.17, 15) is 14.0 Å². The summed E-state index contributed by atoms with van der Waals surface area (Å²) in [4.78, 5) is 26.4. The molecule has 33 heavy (non-hydrogen) atoms. The summed E-state index contributed by atoms with van der Waals surface area (Å²) in [6, 6.07) is 15.2. The number of hydrogen-bond acceptors (Lipinski definition) is 5. The highest BCUT2D eigenvalue weighted by molar-refractivity contribution is 6.04. The molecule has 0 unspecified atom stereocenters. The zero-order chi connectivity index (χ0) is 23.6. The fourth-order valence-corrected chi connectivity index (χ4v) is 4.58. The molecule has 5 nitrogen and oxygen atoms in total. The SMILES string of the molecule is CC1=C(C(=O)OCCOc2ccccc2)[C@@H](c2ccc(F)cc2)C2=C(CC(C)(C)CC2=O)N1. The van der Waals surface area contributed by atoms with Gasteiger partial charge in [-0.2, -0.15) is 0 Å². The number of allylic oxidation sites excluding steroid dienone is 3. The molecule has 2 aromatic carbocycles. The first-order valence-electron chi connectivity index (χ1n) is 11.1. The second-order valence-electron chi connectivity index (χ2n) is 9.28. The number of carbonyl (C=O) groups excluding carboxylic acids is 2. The molecule has 0 aromatic heterocycles. The third-order valence-corrected chi connectivity index (χ3v) is 5.99. The maximum Gasteiger partial charge on any atom is 0.336 e. The molecule has 1 aliphatic carbocycles. The molecule has 0 amide bonds. The van der Waals surface area contributed by atoms with Crippen molar-refractivity contribution in [3.05, 3.63) is 88.5 Å². The van der Waals surface area contributed by atoms with Crippen LogP contribution in [-0.4, -0.2) is 25.0 Å². The largest absolute Gasteiger partial charge is 0.490 e. The van der Waals surface area contributed by atoms with Gasteiger partial charge in [-0.3, -0.25) is 4.79 Å². The Hall–Kier alpha value is -3.41. The molecule has 0 radical (unpaired) electrons. The summed E-state index contributed by atoms with van der Waals surface area (Å²) in [5, 5.41) is 3.29. The van der Waals surface area contributed by atoms with Crippen molar-refractivity contribution in [2.24, 2.45) is 5.41 Å². The maximum atomic E-state index is 13.6. The first-order valence-corrected chi connectivity index (χ1v) is 11.1. The fraction of sp³-hybridized carbons (Fsp3) is 0.333. The van der Waals surface area contributed by atoms with Gasteiger partial charge in [0.1, 0.15) is 24.8 Å². The van der Waals surface area contributed by atoms with Crippen LogP contribution in [0.5, 0.6) is 5.75 Å². The van der Waals surface area contributed by atoms with Crippen molar-refractivity contribution in [1.82, 2.24) is 5.32 Å². The number of esters is 1. The highest BCUT2D eigenvalue weighted by atomic mass is 19.1. The lowest BCUT2D eigenvalue weighted by Crippen LogP contribution is -2.38. The third kappa shape index (κ3) is 5.00. The zero-order valence-electron chi connectivity index (χ0n) is 19.1. The number of rotatable bonds is 6. The lowest BCUT2D eigenvalue weighted by atomic mass is 9.68. The molecule has 2 aromatic rings. The molecule has 4 rings (SSSR count). The van der Waals surface area contributed by atoms with Crippen LogP contribution in [0.25, 0.3) is 0 Å². The molecule has 0 fully saturated rings. The highest BCUT2D eigenvalue weighted by Gasteiger charge is 2.43. The second-order valence-corrected chi connectivity index (χ2v) is 9.28. The van der Waals surface area contributed by atoms with E-state index in [2.05, 4.69) is 19.2 Å². The number of carbonyl (C=O) groups is 2. The number of ketones is 1. The predicted octanol–water partition coefficient (Wildman–Crippen LogP) is 5.05. The van der Waals surface area contributed by atoms with Crippen LogP contribution in [0.1, 0.15) is 45.1 Å². The summed E-state index contributed by atoms with van der Waals surface area (Å²) in [6.07, 6.45) is 1.08. The molecular formula is C27H28FNO4. The van der Waals surface area contributed by atoms with E-state index in [1.807, 2.05) is 37.3 Å². The predicted molar refractivity (Wildman–Crippen MR) is 123 cm³/mol. The molecule has 1 aliphatic heterocycles. The molecule has 1 heterocycles. The van der Waals surface area contributed by atoms with E-state index in [1.165, 1.54) is 12.1 Å². The Morgan fingerprint density at radius 1 is 1.06 bits per heavy atom. The van der Waals surface area contributed by atoms with Gasteiger partial charge in [0.25, 0.3) is 0 Å². The quantitative estimate of drug-likeness (QED) is 0.494. The Balaban J connectivity index is 1.59. The van der Waals surface area contributed by atoms with Crippen molar-refractivity contribution in [2.45, 2.75) is 39.5 Å². The summed E-state index contributed by atoms with van der Waals surface area (Å²) in [5.41, 5.74) is 2.91. The van der Waals surface area contributed by atoms with Crippen molar-refractivity contribution in [3.63, 3.8) is 0 Å². The van der Waals surface area contributed by atoms with E-state index < -0.39 is 11.9 Å². The van der Waals surface area contributed by atoms with E-state index in [0.29, 0.717) is 41.0 Å². The number of dihydropyridines is 1. The van der Waals surface area contributed by atoms with Gasteiger partial charge in [-0.15, -0.1) is 0 Å². The Morgan fingerprint density at radius 3 is 2.45 bits per heavy atom.